The lowest BCUT2D eigenvalue weighted by Gasteiger charge is -2.36. The predicted octanol–water partition coefficient (Wildman–Crippen LogP) is 5.03. The Kier molecular flexibility index (Phi) is 6.85. The zero-order valence-electron chi connectivity index (χ0n) is 17.0. The summed E-state index contributed by atoms with van der Waals surface area (Å²) in [6, 6.07) is 13.4. The fourth-order valence-electron chi connectivity index (χ4n) is 3.53. The Morgan fingerprint density at radius 2 is 1.87 bits per heavy atom. The van der Waals surface area contributed by atoms with Crippen molar-refractivity contribution in [2.24, 2.45) is 0 Å². The van der Waals surface area contributed by atoms with Crippen LogP contribution in [0, 0.1) is 0 Å². The Balaban J connectivity index is 1.33. The second-order valence-corrected chi connectivity index (χ2v) is 9.24. The summed E-state index contributed by atoms with van der Waals surface area (Å²) in [6.07, 6.45) is 1.79. The number of carbonyl (C=O) groups is 1. The lowest BCUT2D eigenvalue weighted by atomic mass is 10.1. The number of aromatic nitrogens is 1. The van der Waals surface area contributed by atoms with Gasteiger partial charge in [-0.2, -0.15) is 0 Å². The average Bonchev–Trinajstić information content (AvgIpc) is 3.23. The van der Waals surface area contributed by atoms with Crippen LogP contribution in [0.3, 0.4) is 0 Å². The average molecular weight is 477 g/mol. The van der Waals surface area contributed by atoms with Gasteiger partial charge in [-0.1, -0.05) is 23.2 Å². The number of methoxy groups -OCH3 is 1. The van der Waals surface area contributed by atoms with Crippen molar-refractivity contribution < 1.29 is 9.53 Å². The summed E-state index contributed by atoms with van der Waals surface area (Å²) in [5.41, 5.74) is 2.68. The molecule has 1 aliphatic heterocycles. The van der Waals surface area contributed by atoms with Crippen molar-refractivity contribution in [3.63, 3.8) is 0 Å². The number of anilines is 2. The summed E-state index contributed by atoms with van der Waals surface area (Å²) in [7, 11) is 1.56. The Hall–Kier alpha value is -2.48. The highest BCUT2D eigenvalue weighted by molar-refractivity contribution is 7.15. The summed E-state index contributed by atoms with van der Waals surface area (Å²) < 4.78 is 5.89. The van der Waals surface area contributed by atoms with Crippen LogP contribution >= 0.6 is 34.5 Å². The highest BCUT2D eigenvalue weighted by Gasteiger charge is 2.24. The van der Waals surface area contributed by atoms with E-state index in [0.29, 0.717) is 40.4 Å². The van der Waals surface area contributed by atoms with Gasteiger partial charge in [-0.05, 0) is 42.5 Å². The second kappa shape index (κ2) is 9.77. The van der Waals surface area contributed by atoms with Crippen LogP contribution in [-0.4, -0.2) is 49.1 Å². The normalized spacial score (nSPS) is 13.9. The van der Waals surface area contributed by atoms with E-state index in [0.717, 1.165) is 29.3 Å². The molecule has 4 rings (SSSR count). The molecule has 0 atom stereocenters. The van der Waals surface area contributed by atoms with E-state index in [-0.39, 0.29) is 5.91 Å². The Morgan fingerprint density at radius 1 is 1.13 bits per heavy atom. The van der Waals surface area contributed by atoms with E-state index in [1.807, 2.05) is 4.90 Å². The quantitative estimate of drug-likeness (QED) is 0.540. The molecular weight excluding hydrogens is 455 g/mol. The van der Waals surface area contributed by atoms with E-state index < -0.39 is 0 Å². The number of hydrogen-bond acceptors (Lipinski definition) is 6. The molecule has 1 amide bonds. The van der Waals surface area contributed by atoms with E-state index in [4.69, 9.17) is 27.9 Å². The van der Waals surface area contributed by atoms with Crippen molar-refractivity contribution in [1.29, 1.82) is 0 Å². The molecule has 0 unspecified atom stereocenters. The smallest absolute Gasteiger partial charge is 0.257 e. The molecule has 2 heterocycles. The van der Waals surface area contributed by atoms with E-state index in [2.05, 4.69) is 39.5 Å². The number of ether oxygens (including phenoxy) is 1. The van der Waals surface area contributed by atoms with Crippen LogP contribution in [-0.2, 0) is 6.54 Å². The first-order chi connectivity index (χ1) is 15.0. The molecule has 0 bridgehead atoms. The van der Waals surface area contributed by atoms with Crippen LogP contribution in [0.2, 0.25) is 9.49 Å². The minimum Gasteiger partial charge on any atom is -0.496 e. The van der Waals surface area contributed by atoms with Crippen molar-refractivity contribution in [3.8, 4) is 5.75 Å². The molecule has 9 heteroatoms. The van der Waals surface area contributed by atoms with Crippen LogP contribution < -0.4 is 15.0 Å². The first-order valence-electron chi connectivity index (χ1n) is 9.85. The van der Waals surface area contributed by atoms with Gasteiger partial charge in [0.2, 0.25) is 0 Å². The van der Waals surface area contributed by atoms with E-state index >= 15 is 0 Å². The number of nitrogens with one attached hydrogen (secondary N) is 1. The molecule has 2 aromatic carbocycles. The Morgan fingerprint density at radius 3 is 2.52 bits per heavy atom. The Labute approximate surface area is 195 Å². The molecule has 0 radical (unpaired) electrons. The number of piperazine rings is 1. The van der Waals surface area contributed by atoms with Crippen molar-refractivity contribution in [2.45, 2.75) is 6.54 Å². The molecule has 0 aliphatic carbocycles. The van der Waals surface area contributed by atoms with Gasteiger partial charge >= 0.3 is 0 Å². The number of amides is 1. The van der Waals surface area contributed by atoms with Crippen molar-refractivity contribution in [2.75, 3.05) is 43.5 Å². The third kappa shape index (κ3) is 5.23. The third-order valence-electron chi connectivity index (χ3n) is 5.18. The Bertz CT molecular complexity index is 1050. The largest absolute Gasteiger partial charge is 0.496 e. The molecule has 6 nitrogen and oxygen atoms in total. The zero-order valence-corrected chi connectivity index (χ0v) is 19.3. The van der Waals surface area contributed by atoms with Gasteiger partial charge in [-0.3, -0.25) is 4.79 Å². The lowest BCUT2D eigenvalue weighted by molar-refractivity contribution is 0.0743. The second-order valence-electron chi connectivity index (χ2n) is 7.10. The van der Waals surface area contributed by atoms with Crippen molar-refractivity contribution in [1.82, 2.24) is 9.88 Å². The van der Waals surface area contributed by atoms with Crippen LogP contribution in [0.4, 0.5) is 11.4 Å². The summed E-state index contributed by atoms with van der Waals surface area (Å²) in [4.78, 5) is 22.2. The van der Waals surface area contributed by atoms with Gasteiger partial charge in [0.15, 0.2) is 4.47 Å². The topological polar surface area (TPSA) is 57.7 Å². The molecule has 1 saturated heterocycles. The molecule has 0 saturated carbocycles. The molecular formula is C22H22Cl2N4O2S. The van der Waals surface area contributed by atoms with Gasteiger partial charge < -0.3 is 19.9 Å². The summed E-state index contributed by atoms with van der Waals surface area (Å²) in [5.74, 6) is 0.488. The van der Waals surface area contributed by atoms with Crippen molar-refractivity contribution in [3.05, 3.63) is 68.6 Å². The number of nitrogens with zero attached hydrogens (tertiary/aromatic N) is 3. The number of thiazole rings is 1. The number of rotatable bonds is 6. The maximum absolute atomic E-state index is 13.0. The first-order valence-corrected chi connectivity index (χ1v) is 11.4. The van der Waals surface area contributed by atoms with E-state index in [1.54, 1.807) is 31.5 Å². The molecule has 3 aromatic rings. The summed E-state index contributed by atoms with van der Waals surface area (Å²) in [5, 5.41) is 3.90. The van der Waals surface area contributed by atoms with E-state index in [1.165, 1.54) is 11.3 Å². The fraction of sp³-hybridized carbons (Fsp3) is 0.273. The highest BCUT2D eigenvalue weighted by Crippen LogP contribution is 2.26. The number of halogens is 2. The van der Waals surface area contributed by atoms with Gasteiger partial charge in [0.25, 0.3) is 5.91 Å². The predicted molar refractivity (Wildman–Crippen MR) is 127 cm³/mol. The van der Waals surface area contributed by atoms with E-state index in [9.17, 15) is 4.79 Å². The van der Waals surface area contributed by atoms with Crippen LogP contribution in [0.25, 0.3) is 0 Å². The van der Waals surface area contributed by atoms with Crippen molar-refractivity contribution >= 4 is 51.8 Å². The number of benzene rings is 2. The lowest BCUT2D eigenvalue weighted by Crippen LogP contribution is -2.48. The fourth-order valence-corrected chi connectivity index (χ4v) is 4.62. The molecule has 0 spiro atoms. The number of carbonyl (C=O) groups excluding carboxylic acids is 1. The summed E-state index contributed by atoms with van der Waals surface area (Å²) >= 11 is 13.4. The zero-order chi connectivity index (χ0) is 21.8. The monoisotopic (exact) mass is 476 g/mol. The van der Waals surface area contributed by atoms with Crippen LogP contribution in [0.1, 0.15) is 15.2 Å². The van der Waals surface area contributed by atoms with Gasteiger partial charge in [-0.15, -0.1) is 11.3 Å². The minimum absolute atomic E-state index is 0.0540. The molecule has 1 aromatic heterocycles. The van der Waals surface area contributed by atoms with Gasteiger partial charge in [0, 0.05) is 53.7 Å². The maximum atomic E-state index is 13.0. The van der Waals surface area contributed by atoms with Crippen LogP contribution in [0.5, 0.6) is 5.75 Å². The minimum atomic E-state index is -0.0540. The molecule has 1 N–H and O–H groups in total. The molecule has 1 aliphatic rings. The molecule has 31 heavy (non-hydrogen) atoms. The highest BCUT2D eigenvalue weighted by atomic mass is 35.5. The van der Waals surface area contributed by atoms with Gasteiger partial charge in [0.05, 0.1) is 19.2 Å². The molecule has 162 valence electrons. The molecule has 1 fully saturated rings. The van der Waals surface area contributed by atoms with Gasteiger partial charge in [0.1, 0.15) is 5.75 Å². The number of hydrogen-bond donors (Lipinski definition) is 1. The summed E-state index contributed by atoms with van der Waals surface area (Å²) in [6.45, 7) is 3.50. The first kappa shape index (κ1) is 21.7. The third-order valence-corrected chi connectivity index (χ3v) is 6.53. The maximum Gasteiger partial charge on any atom is 0.257 e. The SMILES string of the molecule is COc1ccc(Cl)cc1C(=O)N1CCN(c2ccc(NCc3cnc(Cl)s3)cc2)CC1. The van der Waals surface area contributed by atoms with Gasteiger partial charge in [-0.25, -0.2) is 4.98 Å². The standard InChI is InChI=1S/C22H22Cl2N4O2S/c1-30-20-7-2-15(23)12-19(20)21(29)28-10-8-27(9-11-28)17-5-3-16(4-6-17)25-13-18-14-26-22(24)31-18/h2-7,12,14,25H,8-11,13H2,1H3. The van der Waals surface area contributed by atoms with Crippen LogP contribution in [0.15, 0.2) is 48.7 Å².